The molecule has 0 amide bonds. The lowest BCUT2D eigenvalue weighted by atomic mass is 10.0. The maximum Gasteiger partial charge on any atom is 0.0834 e. The predicted molar refractivity (Wildman–Crippen MR) is 84.1 cm³/mol. The van der Waals surface area contributed by atoms with E-state index in [9.17, 15) is 0 Å². The standard InChI is InChI=1S/C16H22ClN3/c1-4-18-15(16-14(17)11-19-20(16)3)9-8-13-7-5-6-12(2)10-13/h5-7,10-11,15,18H,4,8-9H2,1-3H3. The van der Waals surface area contributed by atoms with Crippen LogP contribution >= 0.6 is 11.6 Å². The van der Waals surface area contributed by atoms with Crippen LogP contribution in [0.2, 0.25) is 5.02 Å². The quantitative estimate of drug-likeness (QED) is 0.880. The molecule has 3 nitrogen and oxygen atoms in total. The Morgan fingerprint density at radius 3 is 2.80 bits per heavy atom. The van der Waals surface area contributed by atoms with Crippen LogP contribution in [0.3, 0.4) is 0 Å². The first-order valence-corrected chi connectivity index (χ1v) is 7.46. The van der Waals surface area contributed by atoms with Crippen LogP contribution in [0.1, 0.15) is 36.2 Å². The first-order chi connectivity index (χ1) is 9.61. The molecule has 1 N–H and O–H groups in total. The number of aryl methyl sites for hydroxylation is 3. The zero-order chi connectivity index (χ0) is 14.5. The molecule has 0 aliphatic rings. The Labute approximate surface area is 126 Å². The lowest BCUT2D eigenvalue weighted by Gasteiger charge is -2.19. The molecule has 108 valence electrons. The van der Waals surface area contributed by atoms with Gasteiger partial charge in [-0.15, -0.1) is 0 Å². The van der Waals surface area contributed by atoms with Gasteiger partial charge in [0.05, 0.1) is 23.0 Å². The molecule has 0 saturated carbocycles. The number of halogens is 1. The lowest BCUT2D eigenvalue weighted by molar-refractivity contribution is 0.480. The van der Waals surface area contributed by atoms with Crippen molar-refractivity contribution in [2.24, 2.45) is 7.05 Å². The molecule has 1 heterocycles. The van der Waals surface area contributed by atoms with Gasteiger partial charge in [-0.2, -0.15) is 5.10 Å². The summed E-state index contributed by atoms with van der Waals surface area (Å²) in [5.41, 5.74) is 3.74. The molecule has 0 bridgehead atoms. The summed E-state index contributed by atoms with van der Waals surface area (Å²) in [7, 11) is 1.94. The van der Waals surface area contributed by atoms with Crippen LogP contribution in [-0.4, -0.2) is 16.3 Å². The molecule has 0 spiro atoms. The van der Waals surface area contributed by atoms with Crippen LogP contribution in [0.25, 0.3) is 0 Å². The van der Waals surface area contributed by atoms with Crippen molar-refractivity contribution in [2.45, 2.75) is 32.7 Å². The molecule has 0 saturated heterocycles. The average Bonchev–Trinajstić information content (AvgIpc) is 2.75. The summed E-state index contributed by atoms with van der Waals surface area (Å²) in [5, 5.41) is 8.48. The van der Waals surface area contributed by atoms with E-state index in [4.69, 9.17) is 11.6 Å². The Bertz CT molecular complexity index is 543. The van der Waals surface area contributed by atoms with Crippen molar-refractivity contribution >= 4 is 11.6 Å². The number of nitrogens with zero attached hydrogens (tertiary/aromatic N) is 2. The minimum Gasteiger partial charge on any atom is -0.309 e. The van der Waals surface area contributed by atoms with Crippen LogP contribution in [0.4, 0.5) is 0 Å². The summed E-state index contributed by atoms with van der Waals surface area (Å²) in [6.07, 6.45) is 3.76. The van der Waals surface area contributed by atoms with Crippen LogP contribution in [-0.2, 0) is 13.5 Å². The van der Waals surface area contributed by atoms with Gasteiger partial charge >= 0.3 is 0 Å². The second-order valence-corrected chi connectivity index (χ2v) is 5.55. The van der Waals surface area contributed by atoms with Crippen molar-refractivity contribution in [3.05, 3.63) is 52.3 Å². The number of aromatic nitrogens is 2. The minimum absolute atomic E-state index is 0.237. The summed E-state index contributed by atoms with van der Waals surface area (Å²) in [6.45, 7) is 5.16. The van der Waals surface area contributed by atoms with E-state index in [0.29, 0.717) is 0 Å². The van der Waals surface area contributed by atoms with Gasteiger partial charge in [-0.1, -0.05) is 48.4 Å². The molecular weight excluding hydrogens is 270 g/mol. The Balaban J connectivity index is 2.10. The summed E-state index contributed by atoms with van der Waals surface area (Å²) >= 11 is 6.26. The molecule has 2 aromatic rings. The fourth-order valence-electron chi connectivity index (χ4n) is 2.57. The molecule has 0 aliphatic carbocycles. The first-order valence-electron chi connectivity index (χ1n) is 7.08. The molecule has 1 unspecified atom stereocenters. The third kappa shape index (κ3) is 3.62. The van der Waals surface area contributed by atoms with E-state index in [1.807, 2.05) is 11.7 Å². The van der Waals surface area contributed by atoms with Gasteiger partial charge in [0.15, 0.2) is 0 Å². The summed E-state index contributed by atoms with van der Waals surface area (Å²) < 4.78 is 1.87. The first kappa shape index (κ1) is 15.1. The molecule has 1 aromatic carbocycles. The number of hydrogen-bond acceptors (Lipinski definition) is 2. The van der Waals surface area contributed by atoms with Crippen LogP contribution in [0.5, 0.6) is 0 Å². The van der Waals surface area contributed by atoms with E-state index in [1.165, 1.54) is 11.1 Å². The van der Waals surface area contributed by atoms with Crippen LogP contribution < -0.4 is 5.32 Å². The van der Waals surface area contributed by atoms with Gasteiger partial charge < -0.3 is 5.32 Å². The SMILES string of the molecule is CCNC(CCc1cccc(C)c1)c1c(Cl)cnn1C. The van der Waals surface area contributed by atoms with Crippen LogP contribution in [0, 0.1) is 6.92 Å². The van der Waals surface area contributed by atoms with Crippen LogP contribution in [0.15, 0.2) is 30.5 Å². The number of rotatable bonds is 6. The van der Waals surface area contributed by atoms with Gasteiger partial charge in [0.25, 0.3) is 0 Å². The largest absolute Gasteiger partial charge is 0.309 e. The highest BCUT2D eigenvalue weighted by molar-refractivity contribution is 6.31. The smallest absolute Gasteiger partial charge is 0.0834 e. The maximum atomic E-state index is 6.26. The normalized spacial score (nSPS) is 12.6. The van der Waals surface area contributed by atoms with E-state index < -0.39 is 0 Å². The Hall–Kier alpha value is -1.32. The molecular formula is C16H22ClN3. The van der Waals surface area contributed by atoms with E-state index in [1.54, 1.807) is 6.20 Å². The lowest BCUT2D eigenvalue weighted by Crippen LogP contribution is -2.24. The van der Waals surface area contributed by atoms with Gasteiger partial charge in [0, 0.05) is 7.05 Å². The third-order valence-electron chi connectivity index (χ3n) is 3.52. The second-order valence-electron chi connectivity index (χ2n) is 5.14. The number of benzene rings is 1. The monoisotopic (exact) mass is 291 g/mol. The summed E-state index contributed by atoms with van der Waals surface area (Å²) in [4.78, 5) is 0. The summed E-state index contributed by atoms with van der Waals surface area (Å²) in [5.74, 6) is 0. The highest BCUT2D eigenvalue weighted by atomic mass is 35.5. The van der Waals surface area contributed by atoms with Crippen molar-refractivity contribution in [1.82, 2.24) is 15.1 Å². The van der Waals surface area contributed by atoms with Crippen molar-refractivity contribution in [3.8, 4) is 0 Å². The van der Waals surface area contributed by atoms with Gasteiger partial charge in [-0.3, -0.25) is 4.68 Å². The number of nitrogens with one attached hydrogen (secondary N) is 1. The zero-order valence-electron chi connectivity index (χ0n) is 12.4. The zero-order valence-corrected chi connectivity index (χ0v) is 13.1. The van der Waals surface area contributed by atoms with Crippen molar-refractivity contribution in [2.75, 3.05) is 6.54 Å². The molecule has 0 aliphatic heterocycles. The second kappa shape index (κ2) is 6.91. The molecule has 4 heteroatoms. The Morgan fingerprint density at radius 2 is 2.20 bits per heavy atom. The third-order valence-corrected chi connectivity index (χ3v) is 3.81. The van der Waals surface area contributed by atoms with Crippen molar-refractivity contribution < 1.29 is 0 Å². The Kier molecular flexibility index (Phi) is 5.21. The topological polar surface area (TPSA) is 29.9 Å². The van der Waals surface area contributed by atoms with E-state index >= 15 is 0 Å². The Morgan fingerprint density at radius 1 is 1.40 bits per heavy atom. The fourth-order valence-corrected chi connectivity index (χ4v) is 2.87. The number of hydrogen-bond donors (Lipinski definition) is 1. The molecule has 2 rings (SSSR count). The summed E-state index contributed by atoms with van der Waals surface area (Å²) in [6, 6.07) is 8.91. The minimum atomic E-state index is 0.237. The van der Waals surface area contributed by atoms with Crippen molar-refractivity contribution in [1.29, 1.82) is 0 Å². The van der Waals surface area contributed by atoms with E-state index in [-0.39, 0.29) is 6.04 Å². The molecule has 1 aromatic heterocycles. The van der Waals surface area contributed by atoms with Crippen molar-refractivity contribution in [3.63, 3.8) is 0 Å². The van der Waals surface area contributed by atoms with Gasteiger partial charge in [-0.25, -0.2) is 0 Å². The molecule has 0 radical (unpaired) electrons. The average molecular weight is 292 g/mol. The van der Waals surface area contributed by atoms with Gasteiger partial charge in [0.2, 0.25) is 0 Å². The maximum absolute atomic E-state index is 6.26. The van der Waals surface area contributed by atoms with E-state index in [2.05, 4.69) is 48.5 Å². The fraction of sp³-hybridized carbons (Fsp3) is 0.438. The van der Waals surface area contributed by atoms with E-state index in [0.717, 1.165) is 30.1 Å². The molecule has 20 heavy (non-hydrogen) atoms. The van der Waals surface area contributed by atoms with Gasteiger partial charge in [0.1, 0.15) is 0 Å². The highest BCUT2D eigenvalue weighted by Gasteiger charge is 2.18. The molecule has 0 fully saturated rings. The highest BCUT2D eigenvalue weighted by Crippen LogP contribution is 2.25. The molecule has 1 atom stereocenters. The predicted octanol–water partition coefficient (Wildman–Crippen LogP) is 3.67. The van der Waals surface area contributed by atoms with Gasteiger partial charge in [-0.05, 0) is 31.9 Å².